The normalized spacial score (nSPS) is 23.0. The summed E-state index contributed by atoms with van der Waals surface area (Å²) in [6.45, 7) is 15.9. The minimum absolute atomic E-state index is 0.106. The number of likely N-dealkylation sites (tertiary alicyclic amines) is 1. The molecule has 2 aliphatic rings. The molecule has 1 aromatic heterocycles. The van der Waals surface area contributed by atoms with Crippen LogP contribution < -0.4 is 4.74 Å². The Balaban J connectivity index is 1.31. The summed E-state index contributed by atoms with van der Waals surface area (Å²) in [5.41, 5.74) is 0.803. The summed E-state index contributed by atoms with van der Waals surface area (Å²) in [6.07, 6.45) is 8.82. The molecule has 31 heavy (non-hydrogen) atoms. The van der Waals surface area contributed by atoms with E-state index in [1.165, 1.54) is 0 Å². The molecule has 0 aromatic carbocycles. The molecule has 0 spiro atoms. The molecule has 1 aliphatic heterocycles. The van der Waals surface area contributed by atoms with E-state index in [4.69, 9.17) is 14.2 Å². The molecule has 0 atom stereocenters. The average Bonchev–Trinajstić information content (AvgIpc) is 2.66. The van der Waals surface area contributed by atoms with Gasteiger partial charge in [0, 0.05) is 37.9 Å². The molecule has 6 heteroatoms. The standard InChI is InChI=1S/C25H39N3O3/c1-24(2,3)28-12-10-20(11-13-28)29-14-8-7-9-19-17-27-23(18-26-19)30-21-15-22(16-21)31-25(4,5)6/h17-18,20-22H,8,10-16H2,1-6H3. The average molecular weight is 430 g/mol. The van der Waals surface area contributed by atoms with E-state index in [2.05, 4.69) is 68.3 Å². The minimum Gasteiger partial charge on any atom is -0.473 e. The molecule has 1 saturated heterocycles. The highest BCUT2D eigenvalue weighted by atomic mass is 16.5. The highest BCUT2D eigenvalue weighted by Gasteiger charge is 2.34. The number of rotatable bonds is 6. The van der Waals surface area contributed by atoms with Crippen molar-refractivity contribution in [1.29, 1.82) is 0 Å². The maximum atomic E-state index is 6.01. The van der Waals surface area contributed by atoms with Crippen LogP contribution in [0.15, 0.2) is 12.4 Å². The maximum Gasteiger partial charge on any atom is 0.232 e. The van der Waals surface area contributed by atoms with Crippen molar-refractivity contribution in [2.75, 3.05) is 19.7 Å². The van der Waals surface area contributed by atoms with E-state index in [0.29, 0.717) is 30.7 Å². The lowest BCUT2D eigenvalue weighted by Crippen LogP contribution is -2.47. The van der Waals surface area contributed by atoms with Gasteiger partial charge in [-0.05, 0) is 60.3 Å². The molecule has 0 bridgehead atoms. The monoisotopic (exact) mass is 429 g/mol. The van der Waals surface area contributed by atoms with Crippen LogP contribution in [0.3, 0.4) is 0 Å². The highest BCUT2D eigenvalue weighted by molar-refractivity contribution is 5.26. The van der Waals surface area contributed by atoms with Crippen LogP contribution in [-0.2, 0) is 9.47 Å². The quantitative estimate of drug-likeness (QED) is 0.498. The van der Waals surface area contributed by atoms with Crippen LogP contribution in [0.5, 0.6) is 5.88 Å². The van der Waals surface area contributed by atoms with Crippen LogP contribution in [0.4, 0.5) is 0 Å². The molecule has 0 radical (unpaired) electrons. The Hall–Kier alpha value is -1.68. The van der Waals surface area contributed by atoms with Gasteiger partial charge in [-0.15, -0.1) is 0 Å². The smallest absolute Gasteiger partial charge is 0.232 e. The maximum absolute atomic E-state index is 6.01. The fourth-order valence-corrected chi connectivity index (χ4v) is 3.95. The second-order valence-corrected chi connectivity index (χ2v) is 10.6. The van der Waals surface area contributed by atoms with Gasteiger partial charge in [0.25, 0.3) is 0 Å². The number of nitrogens with zero attached hydrogens (tertiary/aromatic N) is 3. The molecule has 172 valence electrons. The summed E-state index contributed by atoms with van der Waals surface area (Å²) in [5.74, 6) is 6.75. The van der Waals surface area contributed by atoms with Gasteiger partial charge in [-0.25, -0.2) is 9.97 Å². The van der Waals surface area contributed by atoms with E-state index >= 15 is 0 Å². The lowest BCUT2D eigenvalue weighted by molar-refractivity contribution is -0.127. The van der Waals surface area contributed by atoms with Crippen molar-refractivity contribution < 1.29 is 14.2 Å². The Morgan fingerprint density at radius 3 is 2.26 bits per heavy atom. The van der Waals surface area contributed by atoms with E-state index in [-0.39, 0.29) is 23.3 Å². The van der Waals surface area contributed by atoms with Crippen LogP contribution >= 0.6 is 0 Å². The van der Waals surface area contributed by atoms with Crippen molar-refractivity contribution in [2.45, 2.75) is 103 Å². The Bertz CT molecular complexity index is 741. The van der Waals surface area contributed by atoms with Crippen LogP contribution in [0.25, 0.3) is 0 Å². The fraction of sp³-hybridized carbons (Fsp3) is 0.760. The molecule has 2 heterocycles. The SMILES string of the molecule is CC(C)(C)OC1CC(Oc2cnc(C#CCCOC3CCN(C(C)(C)C)CC3)cn2)C1. The number of piperidine rings is 1. The third-order valence-electron chi connectivity index (χ3n) is 5.68. The van der Waals surface area contributed by atoms with E-state index < -0.39 is 0 Å². The van der Waals surface area contributed by atoms with Crippen LogP contribution in [0, 0.1) is 11.8 Å². The molecular weight excluding hydrogens is 390 g/mol. The second kappa shape index (κ2) is 10.3. The first-order chi connectivity index (χ1) is 14.6. The largest absolute Gasteiger partial charge is 0.473 e. The Morgan fingerprint density at radius 1 is 0.968 bits per heavy atom. The predicted octanol–water partition coefficient (Wildman–Crippen LogP) is 4.22. The van der Waals surface area contributed by atoms with Gasteiger partial charge in [0.2, 0.25) is 5.88 Å². The first-order valence-corrected chi connectivity index (χ1v) is 11.6. The third kappa shape index (κ3) is 8.07. The van der Waals surface area contributed by atoms with Gasteiger partial charge in [0.05, 0.1) is 36.8 Å². The van der Waals surface area contributed by atoms with Gasteiger partial charge < -0.3 is 14.2 Å². The summed E-state index contributed by atoms with van der Waals surface area (Å²) in [7, 11) is 0. The van der Waals surface area contributed by atoms with Crippen molar-refractivity contribution in [1.82, 2.24) is 14.9 Å². The van der Waals surface area contributed by atoms with Crippen molar-refractivity contribution in [2.24, 2.45) is 0 Å². The summed E-state index contributed by atoms with van der Waals surface area (Å²) < 4.78 is 17.8. The van der Waals surface area contributed by atoms with Crippen LogP contribution in [0.2, 0.25) is 0 Å². The fourth-order valence-electron chi connectivity index (χ4n) is 3.95. The summed E-state index contributed by atoms with van der Waals surface area (Å²) in [4.78, 5) is 11.2. The Labute approximate surface area is 188 Å². The third-order valence-corrected chi connectivity index (χ3v) is 5.68. The molecule has 1 aromatic rings. The lowest BCUT2D eigenvalue weighted by atomic mass is 9.91. The Morgan fingerprint density at radius 2 is 1.68 bits per heavy atom. The predicted molar refractivity (Wildman–Crippen MR) is 122 cm³/mol. The minimum atomic E-state index is -0.106. The molecule has 0 unspecified atom stereocenters. The number of aromatic nitrogens is 2. The first-order valence-electron chi connectivity index (χ1n) is 11.6. The molecule has 2 fully saturated rings. The molecular formula is C25H39N3O3. The highest BCUT2D eigenvalue weighted by Crippen LogP contribution is 2.30. The van der Waals surface area contributed by atoms with Crippen LogP contribution in [-0.4, -0.2) is 64.0 Å². The van der Waals surface area contributed by atoms with Gasteiger partial charge in [-0.3, -0.25) is 4.90 Å². The number of ether oxygens (including phenoxy) is 3. The molecule has 0 amide bonds. The van der Waals surface area contributed by atoms with E-state index in [1.54, 1.807) is 12.4 Å². The molecule has 1 aliphatic carbocycles. The van der Waals surface area contributed by atoms with Gasteiger partial charge >= 0.3 is 0 Å². The van der Waals surface area contributed by atoms with E-state index in [9.17, 15) is 0 Å². The number of hydrogen-bond donors (Lipinski definition) is 0. The lowest BCUT2D eigenvalue weighted by Gasteiger charge is -2.40. The van der Waals surface area contributed by atoms with Gasteiger partial charge in [0.1, 0.15) is 11.8 Å². The number of hydrogen-bond acceptors (Lipinski definition) is 6. The zero-order valence-electron chi connectivity index (χ0n) is 20.1. The van der Waals surface area contributed by atoms with Crippen LogP contribution in [0.1, 0.15) is 79.3 Å². The van der Waals surface area contributed by atoms with Crippen molar-refractivity contribution in [3.63, 3.8) is 0 Å². The van der Waals surface area contributed by atoms with Crippen molar-refractivity contribution in [3.05, 3.63) is 18.1 Å². The molecule has 0 N–H and O–H groups in total. The molecule has 1 saturated carbocycles. The summed E-state index contributed by atoms with van der Waals surface area (Å²) in [5, 5.41) is 0. The summed E-state index contributed by atoms with van der Waals surface area (Å²) >= 11 is 0. The van der Waals surface area contributed by atoms with Gasteiger partial charge in [-0.2, -0.15) is 0 Å². The first kappa shape index (κ1) is 24.0. The van der Waals surface area contributed by atoms with Gasteiger partial charge in [-0.1, -0.05) is 5.92 Å². The Kier molecular flexibility index (Phi) is 7.96. The topological polar surface area (TPSA) is 56.7 Å². The van der Waals surface area contributed by atoms with Crippen molar-refractivity contribution in [3.8, 4) is 17.7 Å². The molecule has 6 nitrogen and oxygen atoms in total. The van der Waals surface area contributed by atoms with E-state index in [0.717, 1.165) is 38.8 Å². The van der Waals surface area contributed by atoms with Gasteiger partial charge in [0.15, 0.2) is 0 Å². The second-order valence-electron chi connectivity index (χ2n) is 10.6. The van der Waals surface area contributed by atoms with E-state index in [1.807, 2.05) is 0 Å². The molecule has 3 rings (SSSR count). The zero-order valence-corrected chi connectivity index (χ0v) is 20.1. The van der Waals surface area contributed by atoms with Crippen molar-refractivity contribution >= 4 is 0 Å². The zero-order chi connectivity index (χ0) is 22.5. The summed E-state index contributed by atoms with van der Waals surface area (Å²) in [6, 6.07) is 0.